The summed E-state index contributed by atoms with van der Waals surface area (Å²) < 4.78 is 59.2. The summed E-state index contributed by atoms with van der Waals surface area (Å²) >= 11 is 0. The lowest BCUT2D eigenvalue weighted by Gasteiger charge is -2.12. The number of hydrogen-bond donors (Lipinski definition) is 2. The van der Waals surface area contributed by atoms with Crippen molar-refractivity contribution in [3.05, 3.63) is 120 Å². The van der Waals surface area contributed by atoms with Crippen LogP contribution in [0.15, 0.2) is 97.3 Å². The van der Waals surface area contributed by atoms with Gasteiger partial charge in [-0.3, -0.25) is 4.79 Å². The maximum atomic E-state index is 14.2. The van der Waals surface area contributed by atoms with Gasteiger partial charge in [-0.25, -0.2) is 31.7 Å². The monoisotopic (exact) mass is 640 g/mol. The third-order valence-corrected chi connectivity index (χ3v) is 7.83. The molecule has 3 heterocycles. The molecule has 0 fully saturated rings. The van der Waals surface area contributed by atoms with Crippen molar-refractivity contribution >= 4 is 38.6 Å². The van der Waals surface area contributed by atoms with Gasteiger partial charge in [0.05, 0.1) is 35.3 Å². The first-order chi connectivity index (χ1) is 22.1. The fraction of sp³-hybridized carbons (Fsp3) is 0.0909. The van der Waals surface area contributed by atoms with E-state index in [2.05, 4.69) is 15.6 Å². The Labute approximate surface area is 262 Å². The predicted octanol–water partition coefficient (Wildman–Crippen LogP) is 6.29. The minimum atomic E-state index is -3.23. The van der Waals surface area contributed by atoms with Crippen LogP contribution >= 0.6 is 0 Å². The summed E-state index contributed by atoms with van der Waals surface area (Å²) in [6, 6.07) is 22.3. The molecule has 6 aromatic rings. The number of ether oxygens (including phenoxy) is 1. The van der Waals surface area contributed by atoms with Crippen molar-refractivity contribution in [1.82, 2.24) is 19.6 Å². The van der Waals surface area contributed by atoms with Gasteiger partial charge in [0.2, 0.25) is 5.95 Å². The molecule has 0 saturated carbocycles. The van der Waals surface area contributed by atoms with Crippen molar-refractivity contribution < 1.29 is 26.7 Å². The average molecular weight is 641 g/mol. The van der Waals surface area contributed by atoms with Crippen LogP contribution in [-0.2, 0) is 15.6 Å². The summed E-state index contributed by atoms with van der Waals surface area (Å²) in [5, 5.41) is 10.5. The first kappa shape index (κ1) is 30.3. The van der Waals surface area contributed by atoms with Gasteiger partial charge in [-0.15, -0.1) is 0 Å². The zero-order valence-electron chi connectivity index (χ0n) is 24.5. The number of nitrogens with one attached hydrogen (secondary N) is 2. The number of methoxy groups -OCH3 is 1. The van der Waals surface area contributed by atoms with Gasteiger partial charge in [-0.2, -0.15) is 5.10 Å². The Kier molecular flexibility index (Phi) is 8.16. The van der Waals surface area contributed by atoms with Crippen molar-refractivity contribution in [3.63, 3.8) is 0 Å². The van der Waals surface area contributed by atoms with Crippen LogP contribution in [0.2, 0.25) is 0 Å². The van der Waals surface area contributed by atoms with Gasteiger partial charge in [0, 0.05) is 29.9 Å². The topological polar surface area (TPSA) is 128 Å². The van der Waals surface area contributed by atoms with Gasteiger partial charge < -0.3 is 15.4 Å². The molecule has 0 saturated heterocycles. The summed E-state index contributed by atoms with van der Waals surface area (Å²) in [5.41, 5.74) is 3.84. The summed E-state index contributed by atoms with van der Waals surface area (Å²) in [5.74, 6) is -2.31. The molecule has 0 unspecified atom stereocenters. The lowest BCUT2D eigenvalue weighted by Crippen LogP contribution is -2.15. The van der Waals surface area contributed by atoms with Crippen molar-refractivity contribution in [2.75, 3.05) is 24.0 Å². The van der Waals surface area contributed by atoms with E-state index in [1.54, 1.807) is 65.4 Å². The minimum Gasteiger partial charge on any atom is -0.495 e. The van der Waals surface area contributed by atoms with Gasteiger partial charge >= 0.3 is 0 Å². The SMILES string of the molecule is COc1cc(CS(C)(=O)=O)ccc1Nc1nccc(-c2c(-c3cccc(NC(=O)c4c(F)cccc4F)c3)nn3ccccc23)n1. The summed E-state index contributed by atoms with van der Waals surface area (Å²) in [4.78, 5) is 21.9. The van der Waals surface area contributed by atoms with E-state index in [4.69, 9.17) is 14.8 Å². The van der Waals surface area contributed by atoms with Gasteiger partial charge in [-0.1, -0.05) is 30.3 Å². The number of fused-ring (bicyclic) bond motifs is 1. The highest BCUT2D eigenvalue weighted by Crippen LogP contribution is 2.36. The summed E-state index contributed by atoms with van der Waals surface area (Å²) in [6.07, 6.45) is 4.54. The Hall–Kier alpha value is -5.69. The molecule has 3 aromatic heterocycles. The van der Waals surface area contributed by atoms with Crippen LogP contribution in [0.4, 0.5) is 26.1 Å². The third-order valence-electron chi connectivity index (χ3n) is 6.98. The van der Waals surface area contributed by atoms with E-state index in [9.17, 15) is 22.0 Å². The highest BCUT2D eigenvalue weighted by molar-refractivity contribution is 7.89. The highest BCUT2D eigenvalue weighted by Gasteiger charge is 2.21. The lowest BCUT2D eigenvalue weighted by molar-refractivity contribution is 0.101. The number of amides is 1. The summed E-state index contributed by atoms with van der Waals surface area (Å²) in [7, 11) is -1.75. The van der Waals surface area contributed by atoms with Gasteiger partial charge in [0.25, 0.3) is 5.91 Å². The normalized spacial score (nSPS) is 11.4. The second-order valence-corrected chi connectivity index (χ2v) is 12.5. The van der Waals surface area contributed by atoms with Crippen molar-refractivity contribution in [2.45, 2.75) is 5.75 Å². The Morgan fingerprint density at radius 2 is 1.74 bits per heavy atom. The number of carbonyl (C=O) groups is 1. The number of sulfone groups is 1. The molecule has 0 aliphatic heterocycles. The van der Waals surface area contributed by atoms with E-state index in [1.165, 1.54) is 19.4 Å². The Morgan fingerprint density at radius 3 is 2.50 bits per heavy atom. The van der Waals surface area contributed by atoms with E-state index in [-0.39, 0.29) is 11.7 Å². The van der Waals surface area contributed by atoms with Crippen molar-refractivity contribution in [2.24, 2.45) is 0 Å². The standard InChI is InChI=1S/C33H26F2N6O4S/c1-45-28-17-20(19-46(2,43)44)12-13-25(28)38-33-36-15-14-26(39-33)30-27-11-3-4-16-41(27)40-31(30)21-7-5-8-22(18-21)37-32(42)29-23(34)9-6-10-24(29)35/h3-18H,19H2,1-2H3,(H,37,42)(H,36,38,39). The molecule has 0 aliphatic carbocycles. The van der Waals surface area contributed by atoms with Crippen LogP contribution in [0.25, 0.3) is 28.0 Å². The number of rotatable bonds is 9. The number of hydrogen-bond acceptors (Lipinski definition) is 8. The number of benzene rings is 3. The first-order valence-electron chi connectivity index (χ1n) is 13.9. The number of anilines is 3. The molecule has 6 rings (SSSR count). The molecule has 2 N–H and O–H groups in total. The fourth-order valence-corrected chi connectivity index (χ4v) is 5.80. The average Bonchev–Trinajstić information content (AvgIpc) is 3.41. The van der Waals surface area contributed by atoms with E-state index < -0.39 is 32.9 Å². The van der Waals surface area contributed by atoms with Crippen LogP contribution in [0.3, 0.4) is 0 Å². The molecule has 46 heavy (non-hydrogen) atoms. The van der Waals surface area contributed by atoms with E-state index in [0.717, 1.165) is 17.6 Å². The first-order valence-corrected chi connectivity index (χ1v) is 15.9. The van der Waals surface area contributed by atoms with Crippen molar-refractivity contribution in [3.8, 4) is 28.3 Å². The zero-order valence-corrected chi connectivity index (χ0v) is 25.3. The van der Waals surface area contributed by atoms with E-state index >= 15 is 0 Å². The van der Waals surface area contributed by atoms with Gasteiger partial charge in [0.1, 0.15) is 28.6 Å². The lowest BCUT2D eigenvalue weighted by atomic mass is 10.0. The Bertz CT molecular complexity index is 2200. The maximum Gasteiger partial charge on any atom is 0.261 e. The molecule has 0 atom stereocenters. The molecule has 3 aromatic carbocycles. The van der Waals surface area contributed by atoms with Crippen LogP contribution in [0.1, 0.15) is 15.9 Å². The molecule has 232 valence electrons. The van der Waals surface area contributed by atoms with Gasteiger partial charge in [-0.05, 0) is 60.2 Å². The molecule has 1 amide bonds. The molecule has 0 aliphatic rings. The quantitative estimate of drug-likeness (QED) is 0.189. The maximum absolute atomic E-state index is 14.2. The highest BCUT2D eigenvalue weighted by atomic mass is 32.2. The second kappa shape index (κ2) is 12.4. The molecule has 0 radical (unpaired) electrons. The summed E-state index contributed by atoms with van der Waals surface area (Å²) in [6.45, 7) is 0. The van der Waals surface area contributed by atoms with Gasteiger partial charge in [0.15, 0.2) is 9.84 Å². The van der Waals surface area contributed by atoms with Crippen LogP contribution in [-0.4, -0.2) is 47.3 Å². The zero-order chi connectivity index (χ0) is 32.4. The fourth-order valence-electron chi connectivity index (χ4n) is 5.02. The third kappa shape index (κ3) is 6.40. The number of pyridine rings is 1. The second-order valence-electron chi connectivity index (χ2n) is 10.4. The van der Waals surface area contributed by atoms with Crippen LogP contribution < -0.4 is 15.4 Å². The van der Waals surface area contributed by atoms with Crippen molar-refractivity contribution in [1.29, 1.82) is 0 Å². The minimum absolute atomic E-state index is 0.127. The number of halogens is 2. The van der Waals surface area contributed by atoms with Crippen LogP contribution in [0.5, 0.6) is 5.75 Å². The molecule has 10 nitrogen and oxygen atoms in total. The molecule has 0 bridgehead atoms. The Balaban J connectivity index is 1.36. The van der Waals surface area contributed by atoms with Crippen LogP contribution in [0, 0.1) is 11.6 Å². The van der Waals surface area contributed by atoms with E-state index in [0.29, 0.717) is 45.2 Å². The number of aromatic nitrogens is 4. The van der Waals surface area contributed by atoms with E-state index in [1.807, 2.05) is 18.2 Å². The Morgan fingerprint density at radius 1 is 0.957 bits per heavy atom. The number of nitrogens with zero attached hydrogens (tertiary/aromatic N) is 4. The number of carbonyl (C=O) groups excluding carboxylic acids is 1. The largest absolute Gasteiger partial charge is 0.495 e. The molecule has 13 heteroatoms. The molecular formula is C33H26F2N6O4S. The molecule has 0 spiro atoms. The predicted molar refractivity (Wildman–Crippen MR) is 171 cm³/mol. The molecular weight excluding hydrogens is 614 g/mol. The smallest absolute Gasteiger partial charge is 0.261 e.